The molecule has 1 heterocycles. The average molecular weight is 331 g/mol. The van der Waals surface area contributed by atoms with E-state index in [0.29, 0.717) is 5.33 Å². The van der Waals surface area contributed by atoms with Crippen LogP contribution < -0.4 is 0 Å². The molecule has 0 unspecified atom stereocenters. The van der Waals surface area contributed by atoms with Crippen molar-refractivity contribution in [2.75, 3.05) is 5.33 Å². The Bertz CT molecular complexity index is 531. The molecule has 0 saturated heterocycles. The van der Waals surface area contributed by atoms with E-state index in [1.807, 2.05) is 36.0 Å². The van der Waals surface area contributed by atoms with Gasteiger partial charge in [0.2, 0.25) is 0 Å². The third-order valence-corrected chi connectivity index (χ3v) is 3.60. The van der Waals surface area contributed by atoms with Crippen LogP contribution in [0.1, 0.15) is 10.4 Å². The molecule has 0 amide bonds. The van der Waals surface area contributed by atoms with Crippen LogP contribution >= 0.6 is 31.9 Å². The van der Waals surface area contributed by atoms with Gasteiger partial charge in [0.15, 0.2) is 5.78 Å². The standard InChI is InChI=1S/C11H9Br2NO/c1-14-5-4-7-9(13)3-2-8(11(7)14)10(15)6-12/h2-5H,6H2,1H3. The van der Waals surface area contributed by atoms with Crippen molar-refractivity contribution < 1.29 is 4.79 Å². The second-order valence-electron chi connectivity index (χ2n) is 3.34. The summed E-state index contributed by atoms with van der Waals surface area (Å²) in [4.78, 5) is 11.7. The molecule has 0 radical (unpaired) electrons. The van der Waals surface area contributed by atoms with Crippen molar-refractivity contribution in [2.24, 2.45) is 7.05 Å². The van der Waals surface area contributed by atoms with Crippen LogP contribution in [0.15, 0.2) is 28.9 Å². The number of carbonyl (C=O) groups excluding carboxylic acids is 1. The summed E-state index contributed by atoms with van der Waals surface area (Å²) in [6.07, 6.45) is 1.96. The van der Waals surface area contributed by atoms with Crippen molar-refractivity contribution in [3.8, 4) is 0 Å². The lowest BCUT2D eigenvalue weighted by Crippen LogP contribution is -2.03. The molecule has 2 nitrogen and oxygen atoms in total. The van der Waals surface area contributed by atoms with E-state index in [1.54, 1.807) is 0 Å². The SMILES string of the molecule is Cn1ccc2c(Br)ccc(C(=O)CBr)c21. The van der Waals surface area contributed by atoms with Gasteiger partial charge in [-0.3, -0.25) is 4.79 Å². The molecule has 0 N–H and O–H groups in total. The Morgan fingerprint density at radius 3 is 2.80 bits per heavy atom. The monoisotopic (exact) mass is 329 g/mol. The first-order valence-electron chi connectivity index (χ1n) is 4.48. The lowest BCUT2D eigenvalue weighted by molar-refractivity contribution is 0.102. The molecule has 0 saturated carbocycles. The normalized spacial score (nSPS) is 10.9. The lowest BCUT2D eigenvalue weighted by Gasteiger charge is -2.04. The van der Waals surface area contributed by atoms with Gasteiger partial charge in [0.1, 0.15) is 0 Å². The molecular formula is C11H9Br2NO. The maximum Gasteiger partial charge on any atom is 0.175 e. The van der Waals surface area contributed by atoms with Crippen LogP contribution in [0, 0.1) is 0 Å². The molecule has 0 aliphatic rings. The van der Waals surface area contributed by atoms with Gasteiger partial charge in [0.25, 0.3) is 0 Å². The summed E-state index contributed by atoms with van der Waals surface area (Å²) in [7, 11) is 1.94. The molecule has 0 atom stereocenters. The molecule has 15 heavy (non-hydrogen) atoms. The smallest absolute Gasteiger partial charge is 0.175 e. The van der Waals surface area contributed by atoms with E-state index in [-0.39, 0.29) is 5.78 Å². The molecule has 2 rings (SSSR count). The van der Waals surface area contributed by atoms with Crippen LogP contribution in [0.25, 0.3) is 10.9 Å². The molecular weight excluding hydrogens is 322 g/mol. The van der Waals surface area contributed by atoms with E-state index < -0.39 is 0 Å². The Kier molecular flexibility index (Phi) is 2.98. The highest BCUT2D eigenvalue weighted by Gasteiger charge is 2.12. The molecule has 0 bridgehead atoms. The summed E-state index contributed by atoms with van der Waals surface area (Å²) in [5.74, 6) is 0.106. The number of hydrogen-bond acceptors (Lipinski definition) is 1. The van der Waals surface area contributed by atoms with Gasteiger partial charge in [-0.2, -0.15) is 0 Å². The molecule has 0 fully saturated rings. The van der Waals surface area contributed by atoms with Gasteiger partial charge in [-0.25, -0.2) is 0 Å². The highest BCUT2D eigenvalue weighted by Crippen LogP contribution is 2.28. The van der Waals surface area contributed by atoms with Crippen LogP contribution in [0.4, 0.5) is 0 Å². The Labute approximate surface area is 105 Å². The number of halogens is 2. The van der Waals surface area contributed by atoms with Crippen LogP contribution in [-0.2, 0) is 7.05 Å². The molecule has 0 spiro atoms. The van der Waals surface area contributed by atoms with Crippen molar-refractivity contribution in [1.29, 1.82) is 0 Å². The van der Waals surface area contributed by atoms with Crippen molar-refractivity contribution in [3.05, 3.63) is 34.4 Å². The maximum atomic E-state index is 11.7. The predicted molar refractivity (Wildman–Crippen MR) is 68.7 cm³/mol. The minimum absolute atomic E-state index is 0.106. The summed E-state index contributed by atoms with van der Waals surface area (Å²) in [6, 6.07) is 5.78. The minimum Gasteiger partial charge on any atom is -0.350 e. The van der Waals surface area contributed by atoms with Crippen LogP contribution in [0.3, 0.4) is 0 Å². The van der Waals surface area contributed by atoms with E-state index in [4.69, 9.17) is 0 Å². The molecule has 4 heteroatoms. The van der Waals surface area contributed by atoms with Crippen molar-refractivity contribution in [2.45, 2.75) is 0 Å². The number of rotatable bonds is 2. The third kappa shape index (κ3) is 1.76. The topological polar surface area (TPSA) is 22.0 Å². The summed E-state index contributed by atoms with van der Waals surface area (Å²) in [5.41, 5.74) is 1.74. The Morgan fingerprint density at radius 2 is 2.13 bits per heavy atom. The number of hydrogen-bond donors (Lipinski definition) is 0. The average Bonchev–Trinajstić information content (AvgIpc) is 2.62. The molecule has 0 aliphatic heterocycles. The zero-order chi connectivity index (χ0) is 11.0. The number of fused-ring (bicyclic) bond motifs is 1. The maximum absolute atomic E-state index is 11.7. The van der Waals surface area contributed by atoms with E-state index in [2.05, 4.69) is 31.9 Å². The molecule has 0 aliphatic carbocycles. The van der Waals surface area contributed by atoms with Crippen molar-refractivity contribution in [3.63, 3.8) is 0 Å². The van der Waals surface area contributed by atoms with E-state index in [9.17, 15) is 4.79 Å². The second-order valence-corrected chi connectivity index (χ2v) is 4.76. The number of Topliss-reactive ketones (excluding diaryl/α,β-unsaturated/α-hetero) is 1. The molecule has 1 aromatic carbocycles. The number of alkyl halides is 1. The molecule has 2 aromatic rings. The fourth-order valence-electron chi connectivity index (χ4n) is 1.68. The molecule has 1 aromatic heterocycles. The zero-order valence-corrected chi connectivity index (χ0v) is 11.3. The number of aryl methyl sites for hydroxylation is 1. The van der Waals surface area contributed by atoms with Gasteiger partial charge >= 0.3 is 0 Å². The van der Waals surface area contributed by atoms with Gasteiger partial charge in [0.05, 0.1) is 10.8 Å². The Hall–Kier alpha value is -0.610. The number of benzene rings is 1. The Balaban J connectivity index is 2.81. The first-order chi connectivity index (χ1) is 7.15. The first-order valence-corrected chi connectivity index (χ1v) is 6.39. The summed E-state index contributed by atoms with van der Waals surface area (Å²) in [6.45, 7) is 0. The van der Waals surface area contributed by atoms with Gasteiger partial charge in [-0.05, 0) is 18.2 Å². The predicted octanol–water partition coefficient (Wildman–Crippen LogP) is 3.52. The number of ketones is 1. The quantitative estimate of drug-likeness (QED) is 0.610. The zero-order valence-electron chi connectivity index (χ0n) is 8.13. The fourth-order valence-corrected chi connectivity index (χ4v) is 2.43. The highest BCUT2D eigenvalue weighted by atomic mass is 79.9. The van der Waals surface area contributed by atoms with E-state index in [0.717, 1.165) is 20.9 Å². The Morgan fingerprint density at radius 1 is 1.40 bits per heavy atom. The van der Waals surface area contributed by atoms with Gasteiger partial charge in [-0.15, -0.1) is 0 Å². The van der Waals surface area contributed by atoms with Crippen LogP contribution in [0.5, 0.6) is 0 Å². The number of carbonyl (C=O) groups is 1. The molecule has 78 valence electrons. The van der Waals surface area contributed by atoms with Crippen molar-refractivity contribution >= 4 is 48.5 Å². The van der Waals surface area contributed by atoms with E-state index in [1.165, 1.54) is 0 Å². The second kappa shape index (κ2) is 4.10. The largest absolute Gasteiger partial charge is 0.350 e. The van der Waals surface area contributed by atoms with Crippen LogP contribution in [0.2, 0.25) is 0 Å². The van der Waals surface area contributed by atoms with Crippen LogP contribution in [-0.4, -0.2) is 15.7 Å². The number of nitrogens with zero attached hydrogens (tertiary/aromatic N) is 1. The fraction of sp³-hybridized carbons (Fsp3) is 0.182. The number of aromatic nitrogens is 1. The van der Waals surface area contributed by atoms with Gasteiger partial charge in [-0.1, -0.05) is 31.9 Å². The summed E-state index contributed by atoms with van der Waals surface area (Å²) in [5, 5.41) is 1.43. The highest BCUT2D eigenvalue weighted by molar-refractivity contribution is 9.10. The van der Waals surface area contributed by atoms with Gasteiger partial charge in [0, 0.05) is 28.7 Å². The summed E-state index contributed by atoms with van der Waals surface area (Å²) < 4.78 is 2.99. The third-order valence-electron chi connectivity index (χ3n) is 2.40. The summed E-state index contributed by atoms with van der Waals surface area (Å²) >= 11 is 6.68. The van der Waals surface area contributed by atoms with E-state index >= 15 is 0 Å². The van der Waals surface area contributed by atoms with Crippen molar-refractivity contribution in [1.82, 2.24) is 4.57 Å². The first kappa shape index (κ1) is 10.9. The van der Waals surface area contributed by atoms with Gasteiger partial charge < -0.3 is 4.57 Å². The lowest BCUT2D eigenvalue weighted by atomic mass is 10.1. The minimum atomic E-state index is 0.106.